The van der Waals surface area contributed by atoms with Crippen LogP contribution in [0.15, 0.2) is 24.3 Å². The summed E-state index contributed by atoms with van der Waals surface area (Å²) in [5.41, 5.74) is 2.04. The summed E-state index contributed by atoms with van der Waals surface area (Å²) in [6, 6.07) is 8.47. The van der Waals surface area contributed by atoms with Crippen LogP contribution in [0, 0.1) is 5.41 Å². The van der Waals surface area contributed by atoms with Crippen molar-refractivity contribution in [1.29, 1.82) is 0 Å². The van der Waals surface area contributed by atoms with E-state index in [9.17, 15) is 5.11 Å². The predicted octanol–water partition coefficient (Wildman–Crippen LogP) is 0.205. The van der Waals surface area contributed by atoms with E-state index < -0.39 is 5.60 Å². The molecule has 4 heterocycles. The minimum Gasteiger partial charge on any atom is -1.00 e. The van der Waals surface area contributed by atoms with E-state index in [0.717, 1.165) is 29.4 Å². The molecule has 3 nitrogen and oxygen atoms in total. The summed E-state index contributed by atoms with van der Waals surface area (Å²) in [7, 11) is 0. The van der Waals surface area contributed by atoms with E-state index in [0.29, 0.717) is 5.41 Å². The molecule has 4 atom stereocenters. The molecule has 0 aromatic heterocycles. The molecule has 1 aromatic rings. The molecule has 126 valence electrons. The highest BCUT2D eigenvalue weighted by molar-refractivity contribution is 5.63. The Bertz CT molecular complexity index is 652. The van der Waals surface area contributed by atoms with Crippen molar-refractivity contribution >= 4 is 5.69 Å². The minimum absolute atomic E-state index is 0. The third-order valence-corrected chi connectivity index (χ3v) is 7.81. The molecule has 4 aliphatic rings. The summed E-state index contributed by atoms with van der Waals surface area (Å²) in [4.78, 5) is 0. The Kier molecular flexibility index (Phi) is 3.18. The number of hydrogen-bond donors (Lipinski definition) is 2. The van der Waals surface area contributed by atoms with E-state index in [1.54, 1.807) is 0 Å². The van der Waals surface area contributed by atoms with Gasteiger partial charge in [0.1, 0.15) is 0 Å². The number of benzene rings is 1. The molecule has 0 amide bonds. The first kappa shape index (κ1) is 15.7. The normalized spacial score (nSPS) is 46.2. The van der Waals surface area contributed by atoms with Crippen LogP contribution < -0.4 is 17.7 Å². The summed E-state index contributed by atoms with van der Waals surface area (Å²) in [6.07, 6.45) is 7.32. The van der Waals surface area contributed by atoms with Gasteiger partial charge in [-0.3, -0.25) is 4.48 Å². The predicted molar refractivity (Wildman–Crippen MR) is 87.4 cm³/mol. The number of nitrogens with zero attached hydrogens (tertiary/aromatic N) is 1. The standard InChI is InChI=1S/C19H27N2O.ClH/c1-2-17-8-5-12-21(14-17)13-11-18(22)15-6-3-4-7-16(15)20-19(18,21)10-9-17;/h3-4,6-7,20,22H,2,5,8-14H2,1H3;1H/q+1;/p-1/t17-,18-,19+,21?;/m0./s1. The van der Waals surface area contributed by atoms with Crippen molar-refractivity contribution in [3.63, 3.8) is 0 Å². The maximum Gasteiger partial charge on any atom is 0.206 e. The molecule has 5 rings (SSSR count). The summed E-state index contributed by atoms with van der Waals surface area (Å²) in [6.45, 7) is 6.02. The number of quaternary nitrogens is 1. The summed E-state index contributed by atoms with van der Waals surface area (Å²) >= 11 is 0. The summed E-state index contributed by atoms with van der Waals surface area (Å²) in [5.74, 6) is 0. The number of nitrogens with one attached hydrogen (secondary N) is 1. The minimum atomic E-state index is -0.666. The molecule has 2 spiro atoms. The lowest BCUT2D eigenvalue weighted by Crippen LogP contribution is -3.00. The van der Waals surface area contributed by atoms with Crippen molar-refractivity contribution in [3.05, 3.63) is 29.8 Å². The Morgan fingerprint density at radius 2 is 1.96 bits per heavy atom. The average molecular weight is 335 g/mol. The van der Waals surface area contributed by atoms with E-state index in [1.807, 2.05) is 0 Å². The fraction of sp³-hybridized carbons (Fsp3) is 0.684. The highest BCUT2D eigenvalue weighted by Crippen LogP contribution is 2.64. The van der Waals surface area contributed by atoms with Gasteiger partial charge in [0.2, 0.25) is 5.66 Å². The van der Waals surface area contributed by atoms with Gasteiger partial charge in [-0.1, -0.05) is 25.1 Å². The van der Waals surface area contributed by atoms with Gasteiger partial charge < -0.3 is 22.8 Å². The second kappa shape index (κ2) is 4.65. The number of aliphatic hydroxyl groups is 1. The van der Waals surface area contributed by atoms with E-state index in [1.165, 1.54) is 44.5 Å². The van der Waals surface area contributed by atoms with Crippen molar-refractivity contribution in [2.24, 2.45) is 5.41 Å². The van der Waals surface area contributed by atoms with Gasteiger partial charge in [-0.25, -0.2) is 0 Å². The third-order valence-electron chi connectivity index (χ3n) is 7.81. The average Bonchev–Trinajstić information content (AvgIpc) is 2.94. The maximum atomic E-state index is 11.8. The van der Waals surface area contributed by atoms with E-state index in [2.05, 4.69) is 36.5 Å². The first-order chi connectivity index (χ1) is 10.6. The van der Waals surface area contributed by atoms with Crippen LogP contribution >= 0.6 is 0 Å². The fourth-order valence-electron chi connectivity index (χ4n) is 6.62. The first-order valence-electron chi connectivity index (χ1n) is 9.05. The zero-order chi connectivity index (χ0) is 15.1. The van der Waals surface area contributed by atoms with Crippen LogP contribution in [0.5, 0.6) is 0 Å². The molecule has 3 saturated heterocycles. The van der Waals surface area contributed by atoms with Crippen LogP contribution in [-0.4, -0.2) is 34.9 Å². The molecule has 2 N–H and O–H groups in total. The molecule has 23 heavy (non-hydrogen) atoms. The Labute approximate surface area is 145 Å². The van der Waals surface area contributed by atoms with Gasteiger partial charge in [0, 0.05) is 29.5 Å². The van der Waals surface area contributed by atoms with E-state index in [4.69, 9.17) is 0 Å². The van der Waals surface area contributed by atoms with Crippen molar-refractivity contribution in [2.45, 2.75) is 56.7 Å². The summed E-state index contributed by atoms with van der Waals surface area (Å²) in [5, 5.41) is 15.6. The molecular weight excluding hydrogens is 308 g/mol. The number of anilines is 1. The lowest BCUT2D eigenvalue weighted by atomic mass is 9.65. The van der Waals surface area contributed by atoms with Crippen LogP contribution in [0.3, 0.4) is 0 Å². The van der Waals surface area contributed by atoms with Crippen LogP contribution in [0.1, 0.15) is 51.0 Å². The molecular formula is C19H27ClN2O. The topological polar surface area (TPSA) is 32.3 Å². The summed E-state index contributed by atoms with van der Waals surface area (Å²) < 4.78 is 1.12. The van der Waals surface area contributed by atoms with Crippen molar-refractivity contribution in [1.82, 2.24) is 0 Å². The SMILES string of the molecule is CC[C@]12CCC[N+]3(CC[C@]4(O)c5ccccc5N[C@@]43CC1)C2.[Cl-]. The smallest absolute Gasteiger partial charge is 0.206 e. The Morgan fingerprint density at radius 1 is 1.13 bits per heavy atom. The van der Waals surface area contributed by atoms with Crippen LogP contribution in [0.2, 0.25) is 0 Å². The van der Waals surface area contributed by atoms with Crippen molar-refractivity contribution in [3.8, 4) is 0 Å². The molecule has 0 saturated carbocycles. The maximum absolute atomic E-state index is 11.8. The highest BCUT2D eigenvalue weighted by Gasteiger charge is 2.76. The number of para-hydroxylation sites is 1. The van der Waals surface area contributed by atoms with Gasteiger partial charge in [0.15, 0.2) is 5.60 Å². The number of rotatable bonds is 1. The van der Waals surface area contributed by atoms with Crippen LogP contribution in [0.4, 0.5) is 5.69 Å². The molecule has 4 aliphatic heterocycles. The molecule has 4 heteroatoms. The first-order valence-corrected chi connectivity index (χ1v) is 9.05. The zero-order valence-corrected chi connectivity index (χ0v) is 14.7. The molecule has 1 aromatic carbocycles. The molecule has 0 aliphatic carbocycles. The molecule has 0 radical (unpaired) electrons. The van der Waals surface area contributed by atoms with Gasteiger partial charge in [-0.2, -0.15) is 0 Å². The molecule has 3 fully saturated rings. The molecule has 2 bridgehead atoms. The lowest BCUT2D eigenvalue weighted by Gasteiger charge is -2.61. The Balaban J connectivity index is 0.00000135. The van der Waals surface area contributed by atoms with Gasteiger partial charge in [-0.05, 0) is 31.7 Å². The number of hydrogen-bond acceptors (Lipinski definition) is 2. The second-order valence-corrected chi connectivity index (χ2v) is 8.35. The third kappa shape index (κ3) is 1.59. The zero-order valence-electron chi connectivity index (χ0n) is 13.9. The highest BCUT2D eigenvalue weighted by atomic mass is 35.5. The van der Waals surface area contributed by atoms with Crippen LogP contribution in [-0.2, 0) is 5.60 Å². The molecule has 1 unspecified atom stereocenters. The number of piperidine rings is 2. The number of fused-ring (bicyclic) bond motifs is 3. The van der Waals surface area contributed by atoms with E-state index >= 15 is 0 Å². The van der Waals surface area contributed by atoms with Gasteiger partial charge in [-0.15, -0.1) is 0 Å². The Hall–Kier alpha value is -0.770. The van der Waals surface area contributed by atoms with Gasteiger partial charge >= 0.3 is 0 Å². The van der Waals surface area contributed by atoms with E-state index in [-0.39, 0.29) is 18.1 Å². The largest absolute Gasteiger partial charge is 1.00 e. The van der Waals surface area contributed by atoms with Crippen molar-refractivity contribution in [2.75, 3.05) is 25.0 Å². The number of halogens is 1. The monoisotopic (exact) mass is 334 g/mol. The van der Waals surface area contributed by atoms with Gasteiger partial charge in [0.25, 0.3) is 0 Å². The quantitative estimate of drug-likeness (QED) is 0.719. The second-order valence-electron chi connectivity index (χ2n) is 8.35. The van der Waals surface area contributed by atoms with Crippen LogP contribution in [0.25, 0.3) is 0 Å². The van der Waals surface area contributed by atoms with Gasteiger partial charge in [0.05, 0.1) is 19.6 Å². The lowest BCUT2D eigenvalue weighted by molar-refractivity contribution is -0.981. The Morgan fingerprint density at radius 3 is 2.78 bits per heavy atom. The fourth-order valence-corrected chi connectivity index (χ4v) is 6.62. The van der Waals surface area contributed by atoms with Crippen molar-refractivity contribution < 1.29 is 22.0 Å².